The number of carbonyl (C=O) groups is 1. The molecule has 0 atom stereocenters. The van der Waals surface area contributed by atoms with Crippen molar-refractivity contribution in [2.75, 3.05) is 5.75 Å². The molecular formula is C9H7NO4S2. The van der Waals surface area contributed by atoms with Gasteiger partial charge in [0.05, 0.1) is 10.6 Å². The van der Waals surface area contributed by atoms with E-state index in [1.165, 1.54) is 6.07 Å². The van der Waals surface area contributed by atoms with Gasteiger partial charge < -0.3 is 5.11 Å². The van der Waals surface area contributed by atoms with Crippen LogP contribution in [0.4, 0.5) is 0 Å². The third-order valence-corrected chi connectivity index (χ3v) is 4.36. The first-order valence-electron chi connectivity index (χ1n) is 4.30. The molecule has 0 saturated carbocycles. The quantitative estimate of drug-likeness (QED) is 0.852. The van der Waals surface area contributed by atoms with Crippen LogP contribution in [0.2, 0.25) is 0 Å². The standard InChI is InChI=1S/C9H7NO4S2/c11-8(12)5-15-9-6-3-1-2-4-7(6)16(13,14)10-9/h1-4H,5H2,(H,11,12). The molecule has 0 saturated heterocycles. The van der Waals surface area contributed by atoms with Gasteiger partial charge in [0.2, 0.25) is 0 Å². The molecule has 5 nitrogen and oxygen atoms in total. The normalized spacial score (nSPS) is 16.6. The van der Waals surface area contributed by atoms with E-state index in [1.807, 2.05) is 0 Å². The van der Waals surface area contributed by atoms with Gasteiger partial charge in [-0.3, -0.25) is 4.79 Å². The van der Waals surface area contributed by atoms with E-state index >= 15 is 0 Å². The summed E-state index contributed by atoms with van der Waals surface area (Å²) in [6, 6.07) is 6.38. The highest BCUT2D eigenvalue weighted by Gasteiger charge is 2.28. The minimum absolute atomic E-state index is 0.142. The van der Waals surface area contributed by atoms with Crippen LogP contribution in [-0.2, 0) is 14.8 Å². The average Bonchev–Trinajstić information content (AvgIpc) is 2.49. The number of thioether (sulfide) groups is 1. The van der Waals surface area contributed by atoms with Crippen LogP contribution in [0.25, 0.3) is 0 Å². The summed E-state index contributed by atoms with van der Waals surface area (Å²) in [5.41, 5.74) is 0.480. The van der Waals surface area contributed by atoms with Gasteiger partial charge in [-0.2, -0.15) is 12.8 Å². The van der Waals surface area contributed by atoms with Crippen LogP contribution in [0, 0.1) is 0 Å². The number of carboxylic acids is 1. The number of carboxylic acid groups (broad SMARTS) is 1. The van der Waals surface area contributed by atoms with Crippen LogP contribution >= 0.6 is 11.8 Å². The summed E-state index contributed by atoms with van der Waals surface area (Å²) in [5.74, 6) is -1.21. The van der Waals surface area contributed by atoms with Gasteiger partial charge in [0, 0.05) is 5.56 Å². The molecule has 0 fully saturated rings. The van der Waals surface area contributed by atoms with Crippen LogP contribution < -0.4 is 0 Å². The molecule has 2 rings (SSSR count). The van der Waals surface area contributed by atoms with Gasteiger partial charge >= 0.3 is 5.97 Å². The Kier molecular flexibility index (Phi) is 2.73. The number of nitrogens with zero attached hydrogens (tertiary/aromatic N) is 1. The van der Waals surface area contributed by atoms with Crippen molar-refractivity contribution in [3.63, 3.8) is 0 Å². The summed E-state index contributed by atoms with van der Waals surface area (Å²) in [7, 11) is -3.63. The first-order valence-corrected chi connectivity index (χ1v) is 6.72. The number of benzene rings is 1. The van der Waals surface area contributed by atoms with E-state index in [4.69, 9.17) is 5.11 Å². The molecule has 1 aromatic carbocycles. The van der Waals surface area contributed by atoms with Crippen molar-refractivity contribution in [1.29, 1.82) is 0 Å². The fourth-order valence-corrected chi connectivity index (χ4v) is 3.58. The van der Waals surface area contributed by atoms with Crippen LogP contribution in [0.15, 0.2) is 33.6 Å². The van der Waals surface area contributed by atoms with Gasteiger partial charge in [-0.15, -0.1) is 0 Å². The Morgan fingerprint density at radius 2 is 2.06 bits per heavy atom. The van der Waals surface area contributed by atoms with E-state index in [9.17, 15) is 13.2 Å². The topological polar surface area (TPSA) is 83.8 Å². The lowest BCUT2D eigenvalue weighted by Gasteiger charge is -1.98. The molecule has 1 aliphatic rings. The highest BCUT2D eigenvalue weighted by molar-refractivity contribution is 8.15. The Morgan fingerprint density at radius 1 is 1.38 bits per heavy atom. The van der Waals surface area contributed by atoms with Crippen LogP contribution in [-0.4, -0.2) is 30.3 Å². The summed E-state index contributed by atoms with van der Waals surface area (Å²) in [5, 5.41) is 8.77. The molecule has 0 amide bonds. The Morgan fingerprint density at radius 3 is 2.75 bits per heavy atom. The first-order chi connectivity index (χ1) is 7.50. The number of hydrogen-bond acceptors (Lipinski definition) is 4. The maximum absolute atomic E-state index is 11.6. The summed E-state index contributed by atoms with van der Waals surface area (Å²) < 4.78 is 26.7. The Bertz CT molecular complexity index is 577. The van der Waals surface area contributed by atoms with Crippen LogP contribution in [0.5, 0.6) is 0 Å². The Labute approximate surface area is 96.3 Å². The molecule has 84 valence electrons. The molecule has 0 aromatic heterocycles. The number of sulfonamides is 1. The van der Waals surface area contributed by atoms with Crippen molar-refractivity contribution < 1.29 is 18.3 Å². The maximum atomic E-state index is 11.6. The second-order valence-electron chi connectivity index (χ2n) is 3.05. The van der Waals surface area contributed by atoms with E-state index in [2.05, 4.69) is 4.40 Å². The number of hydrogen-bond donors (Lipinski definition) is 1. The molecule has 1 heterocycles. The minimum Gasteiger partial charge on any atom is -0.481 e. The van der Waals surface area contributed by atoms with E-state index in [-0.39, 0.29) is 15.7 Å². The van der Waals surface area contributed by atoms with E-state index in [0.717, 1.165) is 11.8 Å². The lowest BCUT2D eigenvalue weighted by molar-refractivity contribution is -0.133. The number of fused-ring (bicyclic) bond motifs is 1. The van der Waals surface area contributed by atoms with Gasteiger partial charge in [-0.25, -0.2) is 0 Å². The molecule has 1 N–H and O–H groups in total. The average molecular weight is 257 g/mol. The summed E-state index contributed by atoms with van der Waals surface area (Å²) in [6.45, 7) is 0. The van der Waals surface area contributed by atoms with Gasteiger partial charge in [-0.1, -0.05) is 30.0 Å². The van der Waals surface area contributed by atoms with Gasteiger partial charge in [0.15, 0.2) is 0 Å². The Hall–Kier alpha value is -1.34. The summed E-state index contributed by atoms with van der Waals surface area (Å²) >= 11 is 0.908. The smallest absolute Gasteiger partial charge is 0.313 e. The van der Waals surface area contributed by atoms with Crippen LogP contribution in [0.3, 0.4) is 0 Å². The zero-order valence-electron chi connectivity index (χ0n) is 7.95. The molecule has 1 aromatic rings. The molecule has 1 aliphatic heterocycles. The predicted molar refractivity (Wildman–Crippen MR) is 60.3 cm³/mol. The third-order valence-electron chi connectivity index (χ3n) is 1.93. The molecule has 7 heteroatoms. The molecule has 0 aliphatic carbocycles. The third kappa shape index (κ3) is 1.96. The van der Waals surface area contributed by atoms with E-state index < -0.39 is 16.0 Å². The maximum Gasteiger partial charge on any atom is 0.313 e. The van der Waals surface area contributed by atoms with Crippen molar-refractivity contribution >= 4 is 32.8 Å². The Balaban J connectivity index is 2.39. The molecule has 0 bridgehead atoms. The minimum atomic E-state index is -3.63. The van der Waals surface area contributed by atoms with E-state index in [0.29, 0.717) is 5.56 Å². The lowest BCUT2D eigenvalue weighted by Crippen LogP contribution is -2.02. The monoisotopic (exact) mass is 257 g/mol. The van der Waals surface area contributed by atoms with Crippen molar-refractivity contribution in [3.8, 4) is 0 Å². The lowest BCUT2D eigenvalue weighted by atomic mass is 10.2. The summed E-state index contributed by atoms with van der Waals surface area (Å²) in [6.07, 6.45) is 0. The highest BCUT2D eigenvalue weighted by atomic mass is 32.2. The highest BCUT2D eigenvalue weighted by Crippen LogP contribution is 2.30. The first kappa shape index (κ1) is 11.2. The van der Waals surface area contributed by atoms with Crippen molar-refractivity contribution in [2.45, 2.75) is 4.90 Å². The van der Waals surface area contributed by atoms with Crippen molar-refractivity contribution in [3.05, 3.63) is 29.8 Å². The van der Waals surface area contributed by atoms with Gasteiger partial charge in [0.1, 0.15) is 5.04 Å². The molecule has 0 spiro atoms. The predicted octanol–water partition coefficient (Wildman–Crippen LogP) is 0.953. The van der Waals surface area contributed by atoms with Crippen molar-refractivity contribution in [2.24, 2.45) is 4.40 Å². The van der Waals surface area contributed by atoms with E-state index in [1.54, 1.807) is 18.2 Å². The zero-order chi connectivity index (χ0) is 11.8. The SMILES string of the molecule is O=C(O)CSC1=NS(=O)(=O)c2ccccc21. The molecule has 0 radical (unpaired) electrons. The second-order valence-corrected chi connectivity index (χ2v) is 5.59. The van der Waals surface area contributed by atoms with Crippen LogP contribution in [0.1, 0.15) is 5.56 Å². The number of rotatable bonds is 2. The van der Waals surface area contributed by atoms with Gasteiger partial charge in [0.25, 0.3) is 10.0 Å². The molecule has 0 unspecified atom stereocenters. The molecule has 16 heavy (non-hydrogen) atoms. The number of aliphatic carboxylic acids is 1. The molecular weight excluding hydrogens is 250 g/mol. The second kappa shape index (κ2) is 3.91. The fraction of sp³-hybridized carbons (Fsp3) is 0.111. The zero-order valence-corrected chi connectivity index (χ0v) is 9.59. The summed E-state index contributed by atoms with van der Waals surface area (Å²) in [4.78, 5) is 10.5. The largest absolute Gasteiger partial charge is 0.481 e. The fourth-order valence-electron chi connectivity index (χ4n) is 1.31. The van der Waals surface area contributed by atoms with Gasteiger partial charge in [-0.05, 0) is 6.07 Å². The van der Waals surface area contributed by atoms with Crippen molar-refractivity contribution in [1.82, 2.24) is 0 Å².